The van der Waals surface area contributed by atoms with Gasteiger partial charge in [-0.25, -0.2) is 18.6 Å². The molecule has 0 atom stereocenters. The first-order chi connectivity index (χ1) is 17.9. The molecule has 37 heavy (non-hydrogen) atoms. The number of hydrogen-bond donors (Lipinski definition) is 1. The van der Waals surface area contributed by atoms with E-state index in [1.54, 1.807) is 41.1 Å². The molecule has 0 radical (unpaired) electrons. The summed E-state index contributed by atoms with van der Waals surface area (Å²) in [6.07, 6.45) is 5.90. The molecule has 2 aromatic carbocycles. The second kappa shape index (κ2) is 10.5. The maximum absolute atomic E-state index is 13.5. The molecule has 9 heteroatoms. The topological polar surface area (TPSA) is 74.0 Å². The molecule has 2 aromatic heterocycles. The second-order valence-corrected chi connectivity index (χ2v) is 9.20. The van der Waals surface area contributed by atoms with Gasteiger partial charge in [0, 0.05) is 49.9 Å². The van der Waals surface area contributed by atoms with Crippen LogP contribution in [-0.4, -0.2) is 33.6 Å². The van der Waals surface area contributed by atoms with Crippen LogP contribution in [0.15, 0.2) is 60.8 Å². The number of nitrogens with one attached hydrogen (secondary N) is 1. The fourth-order valence-corrected chi connectivity index (χ4v) is 4.83. The Hall–Kier alpha value is -4.06. The van der Waals surface area contributed by atoms with Gasteiger partial charge in [-0.15, -0.1) is 0 Å². The molecule has 4 aromatic rings. The van der Waals surface area contributed by atoms with Gasteiger partial charge in [-0.1, -0.05) is 35.9 Å². The molecule has 0 aliphatic carbocycles. The lowest BCUT2D eigenvalue weighted by molar-refractivity contribution is 0.240. The number of rotatable bonds is 5. The molecule has 0 saturated carbocycles. The molecule has 0 fully saturated rings. The van der Waals surface area contributed by atoms with Crippen molar-refractivity contribution in [3.05, 3.63) is 106 Å². The normalized spacial score (nSPS) is 13.6. The SMILES string of the molecule is N#Cc1ccc2c3c(n(C(=O)NCc4ccnc(Cl)c4)c2c1)CCN(CC=Cc1ccc(F)c(F)c1)C3. The number of pyridine rings is 1. The van der Waals surface area contributed by atoms with E-state index in [4.69, 9.17) is 11.6 Å². The van der Waals surface area contributed by atoms with Gasteiger partial charge in [0.15, 0.2) is 11.6 Å². The minimum Gasteiger partial charge on any atom is -0.333 e. The Bertz CT molecular complexity index is 1570. The smallest absolute Gasteiger partial charge is 0.326 e. The van der Waals surface area contributed by atoms with Crippen molar-refractivity contribution in [2.45, 2.75) is 19.5 Å². The van der Waals surface area contributed by atoms with Crippen LogP contribution in [0.2, 0.25) is 5.15 Å². The predicted octanol–water partition coefficient (Wildman–Crippen LogP) is 5.67. The highest BCUT2D eigenvalue weighted by Gasteiger charge is 2.26. The van der Waals surface area contributed by atoms with E-state index in [-0.39, 0.29) is 12.6 Å². The Labute approximate surface area is 217 Å². The first-order valence-electron chi connectivity index (χ1n) is 11.7. The Kier molecular flexibility index (Phi) is 6.99. The molecule has 3 heterocycles. The molecular formula is C28H22ClF2N5O. The second-order valence-electron chi connectivity index (χ2n) is 8.81. The zero-order valence-corrected chi connectivity index (χ0v) is 20.5. The highest BCUT2D eigenvalue weighted by atomic mass is 35.5. The maximum Gasteiger partial charge on any atom is 0.326 e. The molecular weight excluding hydrogens is 496 g/mol. The largest absolute Gasteiger partial charge is 0.333 e. The van der Waals surface area contributed by atoms with E-state index in [1.807, 2.05) is 12.1 Å². The quantitative estimate of drug-likeness (QED) is 0.346. The number of nitrogens with zero attached hydrogens (tertiary/aromatic N) is 4. The molecule has 1 amide bonds. The Morgan fingerprint density at radius 2 is 2.03 bits per heavy atom. The lowest BCUT2D eigenvalue weighted by Gasteiger charge is -2.27. The van der Waals surface area contributed by atoms with Crippen molar-refractivity contribution in [1.29, 1.82) is 5.26 Å². The minimum atomic E-state index is -0.875. The van der Waals surface area contributed by atoms with E-state index in [2.05, 4.69) is 21.3 Å². The van der Waals surface area contributed by atoms with Crippen LogP contribution in [0, 0.1) is 23.0 Å². The average Bonchev–Trinajstić information content (AvgIpc) is 3.22. The van der Waals surface area contributed by atoms with Gasteiger partial charge in [-0.3, -0.25) is 9.47 Å². The molecule has 6 nitrogen and oxygen atoms in total. The summed E-state index contributed by atoms with van der Waals surface area (Å²) in [6, 6.07) is 14.6. The van der Waals surface area contributed by atoms with Crippen molar-refractivity contribution in [1.82, 2.24) is 19.8 Å². The highest BCUT2D eigenvalue weighted by Crippen LogP contribution is 2.31. The summed E-state index contributed by atoms with van der Waals surface area (Å²) in [5, 5.41) is 13.7. The zero-order valence-electron chi connectivity index (χ0n) is 19.7. The van der Waals surface area contributed by atoms with Crippen LogP contribution in [-0.2, 0) is 19.5 Å². The third-order valence-electron chi connectivity index (χ3n) is 6.41. The number of hydrogen-bond acceptors (Lipinski definition) is 4. The Balaban J connectivity index is 1.39. The number of benzene rings is 2. The summed E-state index contributed by atoms with van der Waals surface area (Å²) >= 11 is 5.96. The number of fused-ring (bicyclic) bond motifs is 3. The Morgan fingerprint density at radius 1 is 1.16 bits per heavy atom. The fraction of sp³-hybridized carbons (Fsp3) is 0.179. The monoisotopic (exact) mass is 517 g/mol. The highest BCUT2D eigenvalue weighted by molar-refractivity contribution is 6.29. The van der Waals surface area contributed by atoms with E-state index in [1.165, 1.54) is 12.1 Å². The standard InChI is InChI=1S/C28H22ClF2N5O/c29-27-14-20(7-9-33-27)16-34-28(37)36-25-8-11-35(10-1-2-18-4-6-23(30)24(31)12-18)17-22(25)21-5-3-19(15-32)13-26(21)36/h1-7,9,12-14H,8,10-11,16-17H2,(H,34,37). The van der Waals surface area contributed by atoms with Crippen molar-refractivity contribution in [2.75, 3.05) is 13.1 Å². The van der Waals surface area contributed by atoms with Gasteiger partial charge in [-0.05, 0) is 53.1 Å². The molecule has 186 valence electrons. The predicted molar refractivity (Wildman–Crippen MR) is 138 cm³/mol. The summed E-state index contributed by atoms with van der Waals surface area (Å²) in [5.74, 6) is -1.75. The van der Waals surface area contributed by atoms with Crippen LogP contribution in [0.25, 0.3) is 17.0 Å². The van der Waals surface area contributed by atoms with Gasteiger partial charge in [0.2, 0.25) is 0 Å². The van der Waals surface area contributed by atoms with Gasteiger partial charge < -0.3 is 5.32 Å². The summed E-state index contributed by atoms with van der Waals surface area (Å²) in [7, 11) is 0. The lowest BCUT2D eigenvalue weighted by atomic mass is 10.0. The van der Waals surface area contributed by atoms with Crippen LogP contribution in [0.1, 0.15) is 27.9 Å². The number of amides is 1. The van der Waals surface area contributed by atoms with Crippen molar-refractivity contribution in [3.63, 3.8) is 0 Å². The molecule has 0 spiro atoms. The average molecular weight is 518 g/mol. The van der Waals surface area contributed by atoms with Crippen LogP contribution in [0.4, 0.5) is 13.6 Å². The Morgan fingerprint density at radius 3 is 2.81 bits per heavy atom. The molecule has 5 rings (SSSR count). The van der Waals surface area contributed by atoms with E-state index < -0.39 is 11.6 Å². The molecule has 1 N–H and O–H groups in total. The lowest BCUT2D eigenvalue weighted by Crippen LogP contribution is -2.34. The van der Waals surface area contributed by atoms with Gasteiger partial charge in [0.1, 0.15) is 5.15 Å². The van der Waals surface area contributed by atoms with Crippen LogP contribution < -0.4 is 5.32 Å². The van der Waals surface area contributed by atoms with Gasteiger partial charge in [0.05, 0.1) is 17.1 Å². The third kappa shape index (κ3) is 5.24. The van der Waals surface area contributed by atoms with E-state index in [9.17, 15) is 18.8 Å². The van der Waals surface area contributed by atoms with Gasteiger partial charge >= 0.3 is 6.03 Å². The van der Waals surface area contributed by atoms with Crippen LogP contribution >= 0.6 is 11.6 Å². The van der Waals surface area contributed by atoms with Gasteiger partial charge in [0.25, 0.3) is 0 Å². The summed E-state index contributed by atoms with van der Waals surface area (Å²) in [6.45, 7) is 2.22. The molecule has 1 aliphatic rings. The van der Waals surface area contributed by atoms with Crippen molar-refractivity contribution in [3.8, 4) is 6.07 Å². The van der Waals surface area contributed by atoms with Crippen molar-refractivity contribution in [2.24, 2.45) is 0 Å². The minimum absolute atomic E-state index is 0.277. The fourth-order valence-electron chi connectivity index (χ4n) is 4.63. The maximum atomic E-state index is 13.5. The van der Waals surface area contributed by atoms with Crippen molar-refractivity contribution < 1.29 is 13.6 Å². The number of aromatic nitrogens is 2. The van der Waals surface area contributed by atoms with E-state index in [0.717, 1.165) is 28.3 Å². The molecule has 0 bridgehead atoms. The van der Waals surface area contributed by atoms with Crippen molar-refractivity contribution >= 4 is 34.6 Å². The first kappa shape index (κ1) is 24.6. The number of nitriles is 1. The van der Waals surface area contributed by atoms with E-state index >= 15 is 0 Å². The van der Waals surface area contributed by atoms with Crippen LogP contribution in [0.5, 0.6) is 0 Å². The summed E-state index contributed by atoms with van der Waals surface area (Å²) in [5.41, 5.74) is 4.53. The number of carbonyl (C=O) groups excluding carboxylic acids is 1. The molecule has 0 unspecified atom stereocenters. The molecule has 1 aliphatic heterocycles. The first-order valence-corrected chi connectivity index (χ1v) is 12.1. The number of halogens is 3. The molecule has 0 saturated heterocycles. The van der Waals surface area contributed by atoms with Crippen LogP contribution in [0.3, 0.4) is 0 Å². The van der Waals surface area contributed by atoms with E-state index in [0.29, 0.717) is 47.9 Å². The number of carbonyl (C=O) groups is 1. The third-order valence-corrected chi connectivity index (χ3v) is 6.62. The van der Waals surface area contributed by atoms with Gasteiger partial charge in [-0.2, -0.15) is 5.26 Å². The summed E-state index contributed by atoms with van der Waals surface area (Å²) < 4.78 is 28.3. The zero-order chi connectivity index (χ0) is 25.9. The summed E-state index contributed by atoms with van der Waals surface area (Å²) in [4.78, 5) is 19.5.